The molecule has 2 unspecified atom stereocenters. The van der Waals surface area contributed by atoms with E-state index in [4.69, 9.17) is 23.2 Å². The summed E-state index contributed by atoms with van der Waals surface area (Å²) in [6.07, 6.45) is 0.497. The first-order chi connectivity index (χ1) is 10.6. The van der Waals surface area contributed by atoms with Gasteiger partial charge in [-0.05, 0) is 30.0 Å². The molecule has 0 aromatic heterocycles. The number of nitrogens with zero attached hydrogens (tertiary/aromatic N) is 1. The number of amides is 1. The molecule has 1 fully saturated rings. The topological polar surface area (TPSA) is 54.5 Å². The van der Waals surface area contributed by atoms with Crippen LogP contribution >= 0.6 is 23.2 Å². The molecule has 4 nitrogen and oxygen atoms in total. The SMILES string of the molecule is CC(C)C(C(=O)N(C)C1CCS(=O)(=O)C1)c1ccc(Cl)c(Cl)c1. The fourth-order valence-electron chi connectivity index (χ4n) is 3.00. The van der Waals surface area contributed by atoms with Gasteiger partial charge in [0.05, 0.1) is 27.5 Å². The Hall–Kier alpha value is -0.780. The lowest BCUT2D eigenvalue weighted by molar-refractivity contribution is -0.134. The van der Waals surface area contributed by atoms with Gasteiger partial charge < -0.3 is 4.90 Å². The van der Waals surface area contributed by atoms with Gasteiger partial charge in [0.25, 0.3) is 0 Å². The monoisotopic (exact) mass is 377 g/mol. The van der Waals surface area contributed by atoms with Crippen LogP contribution in [0.1, 0.15) is 31.7 Å². The summed E-state index contributed by atoms with van der Waals surface area (Å²) in [5.41, 5.74) is 0.798. The van der Waals surface area contributed by atoms with Crippen LogP contribution in [0.5, 0.6) is 0 Å². The summed E-state index contributed by atoms with van der Waals surface area (Å²) in [5.74, 6) is -0.214. The predicted molar refractivity (Wildman–Crippen MR) is 93.9 cm³/mol. The summed E-state index contributed by atoms with van der Waals surface area (Å²) in [7, 11) is -1.35. The first kappa shape index (κ1) is 18.6. The van der Waals surface area contributed by atoms with Crippen molar-refractivity contribution in [2.75, 3.05) is 18.6 Å². The number of halogens is 2. The second-order valence-corrected chi connectivity index (χ2v) is 9.44. The van der Waals surface area contributed by atoms with Crippen LogP contribution in [-0.4, -0.2) is 43.8 Å². The lowest BCUT2D eigenvalue weighted by atomic mass is 9.87. The van der Waals surface area contributed by atoms with Crippen molar-refractivity contribution < 1.29 is 13.2 Å². The number of carbonyl (C=O) groups excluding carboxylic acids is 1. The lowest BCUT2D eigenvalue weighted by Crippen LogP contribution is -2.41. The molecule has 1 saturated heterocycles. The number of hydrogen-bond donors (Lipinski definition) is 0. The molecule has 1 aromatic carbocycles. The van der Waals surface area contributed by atoms with Crippen LogP contribution in [0.3, 0.4) is 0 Å². The van der Waals surface area contributed by atoms with Gasteiger partial charge in [-0.15, -0.1) is 0 Å². The smallest absolute Gasteiger partial charge is 0.230 e. The minimum Gasteiger partial charge on any atom is -0.341 e. The number of rotatable bonds is 4. The van der Waals surface area contributed by atoms with E-state index in [-0.39, 0.29) is 35.3 Å². The molecule has 1 amide bonds. The third-order valence-corrected chi connectivity index (χ3v) is 6.83. The van der Waals surface area contributed by atoms with E-state index in [1.807, 2.05) is 13.8 Å². The van der Waals surface area contributed by atoms with Gasteiger partial charge in [-0.3, -0.25) is 4.79 Å². The van der Waals surface area contributed by atoms with Gasteiger partial charge in [0.1, 0.15) is 0 Å². The Kier molecular flexibility index (Phi) is 5.64. The molecule has 1 aromatic rings. The van der Waals surface area contributed by atoms with E-state index in [1.54, 1.807) is 30.1 Å². The van der Waals surface area contributed by atoms with Crippen molar-refractivity contribution >= 4 is 38.9 Å². The van der Waals surface area contributed by atoms with Crippen molar-refractivity contribution in [1.29, 1.82) is 0 Å². The van der Waals surface area contributed by atoms with E-state index in [0.29, 0.717) is 16.5 Å². The highest BCUT2D eigenvalue weighted by Gasteiger charge is 2.36. The fourth-order valence-corrected chi connectivity index (χ4v) is 5.08. The zero-order valence-corrected chi connectivity index (χ0v) is 15.7. The van der Waals surface area contributed by atoms with E-state index < -0.39 is 9.84 Å². The van der Waals surface area contributed by atoms with Gasteiger partial charge in [-0.2, -0.15) is 0 Å². The summed E-state index contributed by atoms with van der Waals surface area (Å²) in [5, 5.41) is 0.856. The van der Waals surface area contributed by atoms with Crippen LogP contribution in [0.15, 0.2) is 18.2 Å². The van der Waals surface area contributed by atoms with Gasteiger partial charge in [-0.1, -0.05) is 43.1 Å². The van der Waals surface area contributed by atoms with Crippen molar-refractivity contribution in [2.24, 2.45) is 5.92 Å². The van der Waals surface area contributed by atoms with Crippen LogP contribution < -0.4 is 0 Å². The Morgan fingerprint density at radius 3 is 2.39 bits per heavy atom. The van der Waals surface area contributed by atoms with Crippen LogP contribution in [0.4, 0.5) is 0 Å². The fraction of sp³-hybridized carbons (Fsp3) is 0.562. The van der Waals surface area contributed by atoms with Crippen molar-refractivity contribution in [2.45, 2.75) is 32.2 Å². The molecule has 0 N–H and O–H groups in total. The maximum atomic E-state index is 12.9. The highest BCUT2D eigenvalue weighted by Crippen LogP contribution is 2.32. The first-order valence-electron chi connectivity index (χ1n) is 7.54. The summed E-state index contributed by atoms with van der Waals surface area (Å²) in [6.45, 7) is 3.93. The molecule has 1 aliphatic heterocycles. The van der Waals surface area contributed by atoms with Crippen LogP contribution in [-0.2, 0) is 14.6 Å². The summed E-state index contributed by atoms with van der Waals surface area (Å²) in [4.78, 5) is 14.5. The molecule has 1 aliphatic rings. The normalized spacial score (nSPS) is 21.4. The number of benzene rings is 1. The molecule has 2 atom stereocenters. The first-order valence-corrected chi connectivity index (χ1v) is 10.1. The van der Waals surface area contributed by atoms with E-state index in [0.717, 1.165) is 5.56 Å². The molecule has 128 valence electrons. The largest absolute Gasteiger partial charge is 0.341 e. The summed E-state index contributed by atoms with van der Waals surface area (Å²) < 4.78 is 23.3. The number of sulfone groups is 1. The molecule has 7 heteroatoms. The molecule has 0 radical (unpaired) electrons. The van der Waals surface area contributed by atoms with Crippen LogP contribution in [0, 0.1) is 5.92 Å². The predicted octanol–water partition coefficient (Wildman–Crippen LogP) is 3.38. The molecular formula is C16H21Cl2NO3S. The van der Waals surface area contributed by atoms with Crippen LogP contribution in [0.2, 0.25) is 10.0 Å². The van der Waals surface area contributed by atoms with Gasteiger partial charge >= 0.3 is 0 Å². The number of hydrogen-bond acceptors (Lipinski definition) is 3. The molecule has 1 heterocycles. The van der Waals surface area contributed by atoms with E-state index >= 15 is 0 Å². The molecule has 0 spiro atoms. The van der Waals surface area contributed by atoms with Gasteiger partial charge in [0.15, 0.2) is 9.84 Å². The van der Waals surface area contributed by atoms with Gasteiger partial charge in [-0.25, -0.2) is 8.42 Å². The Labute approximate surface area is 147 Å². The molecule has 0 aliphatic carbocycles. The van der Waals surface area contributed by atoms with Crippen molar-refractivity contribution in [3.05, 3.63) is 33.8 Å². The highest BCUT2D eigenvalue weighted by molar-refractivity contribution is 7.91. The quantitative estimate of drug-likeness (QED) is 0.807. The number of likely N-dealkylation sites (N-methyl/N-ethyl adjacent to an activating group) is 1. The Balaban J connectivity index is 2.26. The highest BCUT2D eigenvalue weighted by atomic mass is 35.5. The summed E-state index contributed by atoms with van der Waals surface area (Å²) in [6, 6.07) is 4.94. The molecule has 0 bridgehead atoms. The minimum atomic E-state index is -3.03. The second kappa shape index (κ2) is 6.99. The second-order valence-electron chi connectivity index (χ2n) is 6.40. The Morgan fingerprint density at radius 2 is 1.91 bits per heavy atom. The maximum absolute atomic E-state index is 12.9. The zero-order chi connectivity index (χ0) is 17.4. The van der Waals surface area contributed by atoms with Crippen molar-refractivity contribution in [3.8, 4) is 0 Å². The average molecular weight is 378 g/mol. The van der Waals surface area contributed by atoms with Gasteiger partial charge in [0.2, 0.25) is 5.91 Å². The molecule has 23 heavy (non-hydrogen) atoms. The van der Waals surface area contributed by atoms with Gasteiger partial charge in [0, 0.05) is 13.1 Å². The van der Waals surface area contributed by atoms with Crippen LogP contribution in [0.25, 0.3) is 0 Å². The zero-order valence-electron chi connectivity index (χ0n) is 13.4. The van der Waals surface area contributed by atoms with Crippen molar-refractivity contribution in [3.63, 3.8) is 0 Å². The lowest BCUT2D eigenvalue weighted by Gasteiger charge is -2.30. The van der Waals surface area contributed by atoms with E-state index in [2.05, 4.69) is 0 Å². The third-order valence-electron chi connectivity index (χ3n) is 4.34. The molecule has 0 saturated carbocycles. The molecular weight excluding hydrogens is 357 g/mol. The Morgan fingerprint density at radius 1 is 1.26 bits per heavy atom. The third kappa shape index (κ3) is 4.20. The standard InChI is InChI=1S/C16H21Cl2NO3S/c1-10(2)15(11-4-5-13(17)14(18)8-11)16(20)19(3)12-6-7-23(21,22)9-12/h4-5,8,10,12,15H,6-7,9H2,1-3H3. The molecule has 2 rings (SSSR count). The Bertz CT molecular complexity index is 703. The average Bonchev–Trinajstić information content (AvgIpc) is 2.82. The minimum absolute atomic E-state index is 0.0431. The van der Waals surface area contributed by atoms with E-state index in [9.17, 15) is 13.2 Å². The van der Waals surface area contributed by atoms with Crippen molar-refractivity contribution in [1.82, 2.24) is 4.90 Å². The summed E-state index contributed by atoms with van der Waals surface area (Å²) >= 11 is 12.0. The maximum Gasteiger partial charge on any atom is 0.230 e. The van der Waals surface area contributed by atoms with E-state index in [1.165, 1.54) is 0 Å². The number of carbonyl (C=O) groups is 1.